The van der Waals surface area contributed by atoms with E-state index >= 15 is 0 Å². The van der Waals surface area contributed by atoms with Crippen LogP contribution >= 0.6 is 0 Å². The predicted molar refractivity (Wildman–Crippen MR) is 98.1 cm³/mol. The van der Waals surface area contributed by atoms with Crippen LogP contribution in [0.15, 0.2) is 42.7 Å². The maximum Gasteiger partial charge on any atom is 0.223 e. The molecule has 2 heterocycles. The Hall–Kier alpha value is -2.67. The number of hydrogen-bond acceptors (Lipinski definition) is 6. The first-order valence-corrected chi connectivity index (χ1v) is 8.75. The first-order valence-electron chi connectivity index (χ1n) is 8.75. The summed E-state index contributed by atoms with van der Waals surface area (Å²) in [6, 6.07) is 11.3. The van der Waals surface area contributed by atoms with Crippen LogP contribution in [0.5, 0.6) is 5.75 Å². The van der Waals surface area contributed by atoms with Gasteiger partial charge in [0, 0.05) is 31.4 Å². The van der Waals surface area contributed by atoms with Crippen molar-refractivity contribution in [2.24, 2.45) is 0 Å². The third-order valence-electron chi connectivity index (χ3n) is 4.40. The highest BCUT2D eigenvalue weighted by atomic mass is 16.5. The van der Waals surface area contributed by atoms with E-state index in [1.54, 1.807) is 0 Å². The standard InChI is InChI=1S/C19H24N4O3/c1-15-11-17(22-14-21-15)23-9-8-19(25,13-23)12-20-18(24)7-10-26-16-5-3-2-4-6-16/h2-6,11,14,25H,7-10,12-13H2,1H3,(H,20,24)/t19-/m0/s1. The number of carbonyl (C=O) groups excluding carboxylic acids is 1. The number of benzene rings is 1. The summed E-state index contributed by atoms with van der Waals surface area (Å²) in [4.78, 5) is 22.3. The Bertz CT molecular complexity index is 741. The fourth-order valence-electron chi connectivity index (χ4n) is 2.94. The lowest BCUT2D eigenvalue weighted by Crippen LogP contribution is -2.45. The third kappa shape index (κ3) is 4.92. The summed E-state index contributed by atoms with van der Waals surface area (Å²) < 4.78 is 5.51. The molecule has 3 rings (SSSR count). The zero-order valence-electron chi connectivity index (χ0n) is 14.9. The topological polar surface area (TPSA) is 87.6 Å². The summed E-state index contributed by atoms with van der Waals surface area (Å²) in [7, 11) is 0. The molecule has 1 aliphatic heterocycles. The SMILES string of the molecule is Cc1cc(N2CC[C@](O)(CNC(=O)CCOc3ccccc3)C2)ncn1. The summed E-state index contributed by atoms with van der Waals surface area (Å²) in [5, 5.41) is 13.5. The fraction of sp³-hybridized carbons (Fsp3) is 0.421. The smallest absolute Gasteiger partial charge is 0.223 e. The number of rotatable bonds is 7. The zero-order valence-corrected chi connectivity index (χ0v) is 14.9. The van der Waals surface area contributed by atoms with Gasteiger partial charge in [-0.3, -0.25) is 4.79 Å². The molecular weight excluding hydrogens is 332 g/mol. The number of aromatic nitrogens is 2. The molecule has 0 aliphatic carbocycles. The number of nitrogens with zero attached hydrogens (tertiary/aromatic N) is 3. The van der Waals surface area contributed by atoms with Crippen LogP contribution in [0, 0.1) is 6.92 Å². The normalized spacial score (nSPS) is 19.4. The number of β-amino-alcohol motifs (C(OH)–C–C–N with tert-alkyl or cyclic N) is 1. The summed E-state index contributed by atoms with van der Waals surface area (Å²) >= 11 is 0. The molecule has 2 N–H and O–H groups in total. The summed E-state index contributed by atoms with van der Waals surface area (Å²) in [5.74, 6) is 1.41. The zero-order chi connectivity index (χ0) is 18.4. The Morgan fingerprint density at radius 2 is 2.15 bits per heavy atom. The Morgan fingerprint density at radius 1 is 1.35 bits per heavy atom. The highest BCUT2D eigenvalue weighted by molar-refractivity contribution is 5.76. The van der Waals surface area contributed by atoms with Gasteiger partial charge in [-0.2, -0.15) is 0 Å². The van der Waals surface area contributed by atoms with Crippen LogP contribution in [0.25, 0.3) is 0 Å². The summed E-state index contributed by atoms with van der Waals surface area (Å²) in [6.45, 7) is 3.56. The van der Waals surface area contributed by atoms with Crippen molar-refractivity contribution >= 4 is 11.7 Å². The lowest BCUT2D eigenvalue weighted by molar-refractivity contribution is -0.122. The molecule has 1 atom stereocenters. The van der Waals surface area contributed by atoms with Gasteiger partial charge in [0.15, 0.2) is 0 Å². The van der Waals surface area contributed by atoms with Gasteiger partial charge in [0.2, 0.25) is 5.91 Å². The fourth-order valence-corrected chi connectivity index (χ4v) is 2.94. The maximum atomic E-state index is 12.0. The molecule has 7 heteroatoms. The average molecular weight is 356 g/mol. The lowest BCUT2D eigenvalue weighted by Gasteiger charge is -2.24. The number of anilines is 1. The van der Waals surface area contributed by atoms with Gasteiger partial charge < -0.3 is 20.1 Å². The minimum atomic E-state index is -0.950. The Morgan fingerprint density at radius 3 is 2.92 bits per heavy atom. The number of amides is 1. The number of aryl methyl sites for hydroxylation is 1. The second-order valence-electron chi connectivity index (χ2n) is 6.60. The molecule has 7 nitrogen and oxygen atoms in total. The van der Waals surface area contributed by atoms with E-state index in [0.29, 0.717) is 26.1 Å². The second kappa shape index (κ2) is 8.14. The molecule has 0 saturated carbocycles. The molecule has 1 aromatic carbocycles. The van der Waals surface area contributed by atoms with Crippen molar-refractivity contribution in [2.45, 2.75) is 25.4 Å². The number of ether oxygens (including phenoxy) is 1. The monoisotopic (exact) mass is 356 g/mol. The third-order valence-corrected chi connectivity index (χ3v) is 4.40. The van der Waals surface area contributed by atoms with Gasteiger partial charge in [-0.25, -0.2) is 9.97 Å². The van der Waals surface area contributed by atoms with Crippen molar-refractivity contribution in [1.82, 2.24) is 15.3 Å². The van der Waals surface area contributed by atoms with Crippen LogP contribution < -0.4 is 15.0 Å². The van der Waals surface area contributed by atoms with E-state index in [-0.39, 0.29) is 18.9 Å². The molecule has 1 fully saturated rings. The molecule has 0 unspecified atom stereocenters. The average Bonchev–Trinajstić information content (AvgIpc) is 3.04. The summed E-state index contributed by atoms with van der Waals surface area (Å²) in [6.07, 6.45) is 2.35. The molecule has 138 valence electrons. The maximum absolute atomic E-state index is 12.0. The molecule has 1 aliphatic rings. The first kappa shape index (κ1) is 18.1. The van der Waals surface area contributed by atoms with Gasteiger partial charge in [-0.1, -0.05) is 18.2 Å². The van der Waals surface area contributed by atoms with E-state index < -0.39 is 5.60 Å². The molecule has 2 aromatic rings. The van der Waals surface area contributed by atoms with Crippen LogP contribution in [0.3, 0.4) is 0 Å². The minimum Gasteiger partial charge on any atom is -0.493 e. The molecular formula is C19H24N4O3. The van der Waals surface area contributed by atoms with Gasteiger partial charge in [-0.05, 0) is 25.5 Å². The van der Waals surface area contributed by atoms with Crippen molar-refractivity contribution < 1.29 is 14.6 Å². The molecule has 1 aromatic heterocycles. The van der Waals surface area contributed by atoms with Crippen molar-refractivity contribution in [3.8, 4) is 5.75 Å². The molecule has 1 amide bonds. The van der Waals surface area contributed by atoms with Crippen molar-refractivity contribution in [1.29, 1.82) is 0 Å². The van der Waals surface area contributed by atoms with E-state index in [1.165, 1.54) is 6.33 Å². The number of aliphatic hydroxyl groups is 1. The van der Waals surface area contributed by atoms with Gasteiger partial charge in [0.1, 0.15) is 23.5 Å². The molecule has 26 heavy (non-hydrogen) atoms. The number of nitrogens with one attached hydrogen (secondary N) is 1. The van der Waals surface area contributed by atoms with Crippen LogP contribution in [0.4, 0.5) is 5.82 Å². The van der Waals surface area contributed by atoms with E-state index in [2.05, 4.69) is 15.3 Å². The molecule has 0 bridgehead atoms. The van der Waals surface area contributed by atoms with Crippen LogP contribution in [0.2, 0.25) is 0 Å². The number of carbonyl (C=O) groups is 1. The molecule has 1 saturated heterocycles. The van der Waals surface area contributed by atoms with Gasteiger partial charge in [0.25, 0.3) is 0 Å². The minimum absolute atomic E-state index is 0.134. The van der Waals surface area contributed by atoms with E-state index in [1.807, 2.05) is 48.2 Å². The van der Waals surface area contributed by atoms with Crippen LogP contribution in [-0.2, 0) is 4.79 Å². The highest BCUT2D eigenvalue weighted by Crippen LogP contribution is 2.25. The largest absolute Gasteiger partial charge is 0.493 e. The van der Waals surface area contributed by atoms with Gasteiger partial charge in [0.05, 0.1) is 13.0 Å². The number of para-hydroxylation sites is 1. The van der Waals surface area contributed by atoms with Gasteiger partial charge >= 0.3 is 0 Å². The lowest BCUT2D eigenvalue weighted by atomic mass is 10.0. The van der Waals surface area contributed by atoms with Gasteiger partial charge in [-0.15, -0.1) is 0 Å². The second-order valence-corrected chi connectivity index (χ2v) is 6.60. The first-order chi connectivity index (χ1) is 12.5. The number of hydrogen-bond donors (Lipinski definition) is 2. The van der Waals surface area contributed by atoms with E-state index in [4.69, 9.17) is 4.74 Å². The van der Waals surface area contributed by atoms with Crippen LogP contribution in [0.1, 0.15) is 18.5 Å². The van der Waals surface area contributed by atoms with E-state index in [0.717, 1.165) is 17.3 Å². The highest BCUT2D eigenvalue weighted by Gasteiger charge is 2.36. The Kier molecular flexibility index (Phi) is 5.68. The molecule has 0 radical (unpaired) electrons. The van der Waals surface area contributed by atoms with Crippen LogP contribution in [-0.4, -0.2) is 52.8 Å². The Balaban J connectivity index is 1.42. The van der Waals surface area contributed by atoms with Crippen molar-refractivity contribution in [3.63, 3.8) is 0 Å². The summed E-state index contributed by atoms with van der Waals surface area (Å²) in [5.41, 5.74) is -0.0633. The van der Waals surface area contributed by atoms with E-state index in [9.17, 15) is 9.90 Å². The Labute approximate surface area is 153 Å². The van der Waals surface area contributed by atoms with Crippen molar-refractivity contribution in [2.75, 3.05) is 31.1 Å². The molecule has 0 spiro atoms. The van der Waals surface area contributed by atoms with Crippen molar-refractivity contribution in [3.05, 3.63) is 48.4 Å². The quantitative estimate of drug-likeness (QED) is 0.778. The predicted octanol–water partition coefficient (Wildman–Crippen LogP) is 1.31.